The van der Waals surface area contributed by atoms with E-state index >= 15 is 0 Å². The van der Waals surface area contributed by atoms with E-state index in [1.165, 1.54) is 103 Å². The van der Waals surface area contributed by atoms with Crippen LogP contribution in [-0.2, 0) is 4.74 Å². The van der Waals surface area contributed by atoms with Crippen LogP contribution in [0.25, 0.3) is 0 Å². The van der Waals surface area contributed by atoms with Crippen molar-refractivity contribution in [2.75, 3.05) is 13.2 Å². The summed E-state index contributed by atoms with van der Waals surface area (Å²) in [5, 5.41) is 9.16. The Morgan fingerprint density at radius 2 is 1.00 bits per heavy atom. The van der Waals surface area contributed by atoms with E-state index in [1.54, 1.807) is 0 Å². The Labute approximate surface area is 145 Å². The lowest BCUT2D eigenvalue weighted by Gasteiger charge is -2.07. The lowest BCUT2D eigenvalue weighted by Crippen LogP contribution is -2.16. The van der Waals surface area contributed by atoms with E-state index in [9.17, 15) is 0 Å². The minimum Gasteiger partial charge on any atom is -0.393 e. The van der Waals surface area contributed by atoms with Crippen LogP contribution in [0.4, 0.5) is 0 Å². The monoisotopic (exact) mass is 326 g/mol. The summed E-state index contributed by atoms with van der Waals surface area (Å²) >= 11 is 0. The van der Waals surface area contributed by atoms with Gasteiger partial charge in [-0.2, -0.15) is 0 Å². The first kappa shape index (κ1) is 21.0. The number of hydrogen-bond donors (Lipinski definition) is 1. The van der Waals surface area contributed by atoms with Gasteiger partial charge in [-0.3, -0.25) is 0 Å². The molecule has 1 heterocycles. The highest BCUT2D eigenvalue weighted by Crippen LogP contribution is 2.32. The van der Waals surface area contributed by atoms with E-state index in [-0.39, 0.29) is 12.2 Å². The Morgan fingerprint density at radius 3 is 1.30 bits per heavy atom. The number of aliphatic hydroxyl groups is 1. The Kier molecular flexibility index (Phi) is 13.0. The van der Waals surface area contributed by atoms with Gasteiger partial charge < -0.3 is 9.84 Å². The van der Waals surface area contributed by atoms with Gasteiger partial charge in [0.1, 0.15) is 5.60 Å². The molecule has 1 N–H and O–H groups in total. The van der Waals surface area contributed by atoms with Crippen molar-refractivity contribution in [1.82, 2.24) is 0 Å². The molecule has 1 saturated heterocycles. The van der Waals surface area contributed by atoms with Gasteiger partial charge in [-0.05, 0) is 6.42 Å². The summed E-state index contributed by atoms with van der Waals surface area (Å²) in [4.78, 5) is 0. The third-order valence-electron chi connectivity index (χ3n) is 5.33. The molecule has 0 aromatic carbocycles. The second kappa shape index (κ2) is 14.3. The van der Waals surface area contributed by atoms with E-state index in [0.717, 1.165) is 13.0 Å². The van der Waals surface area contributed by atoms with Gasteiger partial charge in [0.05, 0.1) is 13.2 Å². The Balaban J connectivity index is 1.66. The first-order chi connectivity index (χ1) is 11.3. The van der Waals surface area contributed by atoms with Crippen molar-refractivity contribution >= 4 is 0 Å². The molecule has 2 nitrogen and oxygen atoms in total. The number of ether oxygens (including phenoxy) is 1. The summed E-state index contributed by atoms with van der Waals surface area (Å²) in [6.45, 7) is 3.28. The van der Waals surface area contributed by atoms with E-state index < -0.39 is 0 Å². The summed E-state index contributed by atoms with van der Waals surface area (Å²) in [6.07, 6.45) is 23.6. The summed E-state index contributed by atoms with van der Waals surface area (Å²) in [5.74, 6) is 0. The molecule has 138 valence electrons. The molecule has 0 unspecified atom stereocenters. The molecule has 23 heavy (non-hydrogen) atoms. The number of hydrogen-bond acceptors (Lipinski definition) is 2. The van der Waals surface area contributed by atoms with Crippen molar-refractivity contribution in [3.63, 3.8) is 0 Å². The molecule has 1 fully saturated rings. The van der Waals surface area contributed by atoms with Crippen LogP contribution in [0.1, 0.15) is 116 Å². The summed E-state index contributed by atoms with van der Waals surface area (Å²) in [6, 6.07) is 0. The molecule has 0 radical (unpaired) electrons. The molecule has 0 saturated carbocycles. The molecular weight excluding hydrogens is 284 g/mol. The molecule has 1 aliphatic heterocycles. The van der Waals surface area contributed by atoms with Crippen LogP contribution in [0.2, 0.25) is 0 Å². The van der Waals surface area contributed by atoms with Gasteiger partial charge in [0.2, 0.25) is 0 Å². The second-order valence-corrected chi connectivity index (χ2v) is 7.68. The van der Waals surface area contributed by atoms with Crippen LogP contribution >= 0.6 is 0 Å². The lowest BCUT2D eigenvalue weighted by atomic mass is 10.0. The number of unbranched alkanes of at least 4 members (excludes halogenated alkanes) is 15. The number of epoxide rings is 1. The van der Waals surface area contributed by atoms with Gasteiger partial charge >= 0.3 is 0 Å². The van der Waals surface area contributed by atoms with Crippen LogP contribution in [0.3, 0.4) is 0 Å². The smallest absolute Gasteiger partial charge is 0.115 e. The normalized spacial score (nSPS) is 20.1. The predicted molar refractivity (Wildman–Crippen MR) is 99.9 cm³/mol. The summed E-state index contributed by atoms with van der Waals surface area (Å²) < 4.78 is 5.32. The first-order valence-electron chi connectivity index (χ1n) is 10.6. The van der Waals surface area contributed by atoms with Crippen LogP contribution in [0.15, 0.2) is 0 Å². The van der Waals surface area contributed by atoms with Crippen molar-refractivity contribution in [2.24, 2.45) is 0 Å². The summed E-state index contributed by atoms with van der Waals surface area (Å²) in [5.41, 5.74) is -0.115. The fraction of sp³-hybridized carbons (Fsp3) is 1.00. The highest BCUT2D eigenvalue weighted by atomic mass is 16.6. The SMILES string of the molecule is CCCCCCCCCCCCCCCCCC[C@@]1(CO)CO1. The Hall–Kier alpha value is -0.0800. The molecule has 2 heteroatoms. The average Bonchev–Trinajstić information content (AvgIpc) is 3.35. The number of aliphatic hydroxyl groups excluding tert-OH is 1. The van der Waals surface area contributed by atoms with E-state index in [0.29, 0.717) is 0 Å². The zero-order valence-corrected chi connectivity index (χ0v) is 15.8. The minimum absolute atomic E-state index is 0.115. The predicted octanol–water partition coefficient (Wildman–Crippen LogP) is 6.40. The maximum Gasteiger partial charge on any atom is 0.115 e. The topological polar surface area (TPSA) is 32.8 Å². The molecule has 0 spiro atoms. The van der Waals surface area contributed by atoms with E-state index in [2.05, 4.69) is 6.92 Å². The molecule has 1 rings (SSSR count). The molecular formula is C21H42O2. The highest BCUT2D eigenvalue weighted by Gasteiger charge is 2.43. The molecule has 1 atom stereocenters. The van der Waals surface area contributed by atoms with E-state index in [4.69, 9.17) is 9.84 Å². The minimum atomic E-state index is -0.115. The van der Waals surface area contributed by atoms with Crippen LogP contribution in [0, 0.1) is 0 Å². The molecule has 0 amide bonds. The van der Waals surface area contributed by atoms with Gasteiger partial charge in [0.15, 0.2) is 0 Å². The highest BCUT2D eigenvalue weighted by molar-refractivity contribution is 4.90. The number of rotatable bonds is 18. The molecule has 0 bridgehead atoms. The van der Waals surface area contributed by atoms with Crippen LogP contribution in [0.5, 0.6) is 0 Å². The first-order valence-corrected chi connectivity index (χ1v) is 10.6. The zero-order valence-electron chi connectivity index (χ0n) is 15.8. The Morgan fingerprint density at radius 1 is 0.652 bits per heavy atom. The van der Waals surface area contributed by atoms with Gasteiger partial charge in [-0.1, -0.05) is 110 Å². The average molecular weight is 327 g/mol. The van der Waals surface area contributed by atoms with E-state index in [1.807, 2.05) is 0 Å². The fourth-order valence-electron chi connectivity index (χ4n) is 3.41. The van der Waals surface area contributed by atoms with Crippen LogP contribution in [-0.4, -0.2) is 23.9 Å². The Bertz CT molecular complexity index is 248. The van der Waals surface area contributed by atoms with Gasteiger partial charge in [0.25, 0.3) is 0 Å². The van der Waals surface area contributed by atoms with Crippen molar-refractivity contribution in [3.8, 4) is 0 Å². The maximum atomic E-state index is 9.16. The largest absolute Gasteiger partial charge is 0.393 e. The van der Waals surface area contributed by atoms with Crippen molar-refractivity contribution in [1.29, 1.82) is 0 Å². The second-order valence-electron chi connectivity index (χ2n) is 7.68. The van der Waals surface area contributed by atoms with Crippen molar-refractivity contribution in [2.45, 2.75) is 122 Å². The third-order valence-corrected chi connectivity index (χ3v) is 5.33. The van der Waals surface area contributed by atoms with Crippen molar-refractivity contribution in [3.05, 3.63) is 0 Å². The standard InChI is InChI=1S/C21H42O2/c1-2-3-4-5-6-7-8-9-10-11-12-13-14-15-16-17-18-21(19-22)20-23-21/h22H,2-20H2,1H3/t21-/m1/s1. The van der Waals surface area contributed by atoms with Gasteiger partial charge in [-0.15, -0.1) is 0 Å². The third kappa shape index (κ3) is 12.0. The molecule has 0 aromatic rings. The lowest BCUT2D eigenvalue weighted by molar-refractivity contribution is 0.161. The molecule has 0 aliphatic carbocycles. The zero-order chi connectivity index (χ0) is 16.6. The quantitative estimate of drug-likeness (QED) is 0.233. The molecule has 0 aromatic heterocycles. The van der Waals surface area contributed by atoms with Gasteiger partial charge in [0, 0.05) is 0 Å². The van der Waals surface area contributed by atoms with Gasteiger partial charge in [-0.25, -0.2) is 0 Å². The fourth-order valence-corrected chi connectivity index (χ4v) is 3.41. The van der Waals surface area contributed by atoms with Crippen LogP contribution < -0.4 is 0 Å². The molecule has 1 aliphatic rings. The van der Waals surface area contributed by atoms with Crippen molar-refractivity contribution < 1.29 is 9.84 Å². The summed E-state index contributed by atoms with van der Waals surface area (Å²) in [7, 11) is 0. The maximum absolute atomic E-state index is 9.16.